The maximum absolute atomic E-state index is 11.0. The first-order chi connectivity index (χ1) is 6.20. The van der Waals surface area contributed by atoms with Crippen LogP contribution in [-0.2, 0) is 4.79 Å². The van der Waals surface area contributed by atoms with Crippen LogP contribution in [0.3, 0.4) is 0 Å². The average Bonchev–Trinajstić information content (AvgIpc) is 2.08. The second kappa shape index (κ2) is 11.8. The van der Waals surface area contributed by atoms with Crippen LogP contribution in [-0.4, -0.2) is 23.5 Å². The van der Waals surface area contributed by atoms with Crippen molar-refractivity contribution in [3.63, 3.8) is 0 Å². The molecule has 0 aromatic heterocycles. The number of amides is 1. The highest BCUT2D eigenvalue weighted by atomic mass is 32.2. The standard InChI is InChI=1S/C8H17NOS.C2H6/c1-4-9-8(10)6-7(3)11-5-2;1-2/h7H,4-6H2,1-3H3,(H,9,10);1-2H3. The Morgan fingerprint density at radius 2 is 1.92 bits per heavy atom. The van der Waals surface area contributed by atoms with Gasteiger partial charge in [-0.05, 0) is 12.7 Å². The minimum absolute atomic E-state index is 0.168. The number of hydrogen-bond donors (Lipinski definition) is 1. The molecule has 2 nitrogen and oxygen atoms in total. The molecule has 0 saturated heterocycles. The Labute approximate surface area is 86.9 Å². The van der Waals surface area contributed by atoms with Gasteiger partial charge in [-0.15, -0.1) is 0 Å². The fourth-order valence-corrected chi connectivity index (χ4v) is 1.71. The van der Waals surface area contributed by atoms with Crippen molar-refractivity contribution in [1.82, 2.24) is 5.32 Å². The first-order valence-electron chi connectivity index (χ1n) is 5.09. The summed E-state index contributed by atoms with van der Waals surface area (Å²) in [7, 11) is 0. The van der Waals surface area contributed by atoms with Gasteiger partial charge in [-0.25, -0.2) is 0 Å². The third kappa shape index (κ3) is 11.8. The molecule has 0 fully saturated rings. The fourth-order valence-electron chi connectivity index (χ4n) is 0.874. The lowest BCUT2D eigenvalue weighted by atomic mass is 10.3. The van der Waals surface area contributed by atoms with E-state index in [1.807, 2.05) is 32.5 Å². The highest BCUT2D eigenvalue weighted by molar-refractivity contribution is 7.99. The van der Waals surface area contributed by atoms with Crippen molar-refractivity contribution in [2.75, 3.05) is 12.3 Å². The Kier molecular flexibility index (Phi) is 13.9. The minimum atomic E-state index is 0.168. The topological polar surface area (TPSA) is 29.1 Å². The summed E-state index contributed by atoms with van der Waals surface area (Å²) in [4.78, 5) is 11.0. The first kappa shape index (κ1) is 15.3. The number of carbonyl (C=O) groups excluding carboxylic acids is 1. The van der Waals surface area contributed by atoms with E-state index in [0.717, 1.165) is 12.3 Å². The van der Waals surface area contributed by atoms with Gasteiger partial charge >= 0.3 is 0 Å². The molecule has 0 aromatic rings. The molecule has 0 rings (SSSR count). The van der Waals surface area contributed by atoms with Gasteiger partial charge in [0.2, 0.25) is 5.91 Å². The number of hydrogen-bond acceptors (Lipinski definition) is 2. The quantitative estimate of drug-likeness (QED) is 0.747. The first-order valence-corrected chi connectivity index (χ1v) is 6.13. The second-order valence-electron chi connectivity index (χ2n) is 2.42. The van der Waals surface area contributed by atoms with E-state index in [4.69, 9.17) is 0 Å². The lowest BCUT2D eigenvalue weighted by Gasteiger charge is -2.08. The lowest BCUT2D eigenvalue weighted by molar-refractivity contribution is -0.120. The monoisotopic (exact) mass is 205 g/mol. The Bertz CT molecular complexity index is 117. The van der Waals surface area contributed by atoms with Crippen molar-refractivity contribution in [1.29, 1.82) is 0 Å². The number of rotatable bonds is 5. The van der Waals surface area contributed by atoms with Crippen LogP contribution in [0.15, 0.2) is 0 Å². The molecule has 0 aliphatic carbocycles. The highest BCUT2D eigenvalue weighted by Crippen LogP contribution is 2.12. The predicted molar refractivity (Wildman–Crippen MR) is 62.2 cm³/mol. The van der Waals surface area contributed by atoms with Crippen molar-refractivity contribution >= 4 is 17.7 Å². The van der Waals surface area contributed by atoms with Crippen LogP contribution in [0, 0.1) is 0 Å². The van der Waals surface area contributed by atoms with Crippen molar-refractivity contribution in [3.05, 3.63) is 0 Å². The molecule has 0 spiro atoms. The van der Waals surface area contributed by atoms with Crippen LogP contribution < -0.4 is 5.32 Å². The van der Waals surface area contributed by atoms with Crippen LogP contribution in [0.2, 0.25) is 0 Å². The van der Waals surface area contributed by atoms with Crippen LogP contribution in [0.25, 0.3) is 0 Å². The number of thioether (sulfide) groups is 1. The largest absolute Gasteiger partial charge is 0.356 e. The molecule has 1 N–H and O–H groups in total. The molecule has 0 aromatic carbocycles. The van der Waals surface area contributed by atoms with Crippen LogP contribution in [0.5, 0.6) is 0 Å². The van der Waals surface area contributed by atoms with Crippen LogP contribution in [0.4, 0.5) is 0 Å². The molecule has 0 saturated carbocycles. The summed E-state index contributed by atoms with van der Waals surface area (Å²) in [6.07, 6.45) is 0.645. The SMILES string of the molecule is CC.CCNC(=O)CC(C)SCC. The molecule has 0 bridgehead atoms. The van der Waals surface area contributed by atoms with Gasteiger partial charge in [0.05, 0.1) is 0 Å². The van der Waals surface area contributed by atoms with E-state index in [1.165, 1.54) is 0 Å². The molecule has 0 aliphatic rings. The highest BCUT2D eigenvalue weighted by Gasteiger charge is 2.06. The Balaban J connectivity index is 0. The summed E-state index contributed by atoms with van der Waals surface area (Å²) < 4.78 is 0. The Hall–Kier alpha value is -0.180. The zero-order valence-electron chi connectivity index (χ0n) is 9.52. The van der Waals surface area contributed by atoms with Gasteiger partial charge in [0.25, 0.3) is 0 Å². The molecule has 1 atom stereocenters. The van der Waals surface area contributed by atoms with Crippen molar-refractivity contribution in [2.45, 2.75) is 46.3 Å². The predicted octanol–water partition coefficient (Wildman–Crippen LogP) is 2.68. The van der Waals surface area contributed by atoms with E-state index in [1.54, 1.807) is 0 Å². The summed E-state index contributed by atoms with van der Waals surface area (Å²) in [6, 6.07) is 0. The summed E-state index contributed by atoms with van der Waals surface area (Å²) in [5.41, 5.74) is 0. The van der Waals surface area contributed by atoms with Crippen LogP contribution >= 0.6 is 11.8 Å². The minimum Gasteiger partial charge on any atom is -0.356 e. The fraction of sp³-hybridized carbons (Fsp3) is 0.900. The summed E-state index contributed by atoms with van der Waals surface area (Å²) >= 11 is 1.82. The summed E-state index contributed by atoms with van der Waals surface area (Å²) in [6.45, 7) is 10.9. The Morgan fingerprint density at radius 3 is 2.31 bits per heavy atom. The van der Waals surface area contributed by atoms with Gasteiger partial charge in [-0.2, -0.15) is 11.8 Å². The molecule has 0 radical (unpaired) electrons. The third-order valence-electron chi connectivity index (χ3n) is 1.30. The number of nitrogens with one attached hydrogen (secondary N) is 1. The maximum Gasteiger partial charge on any atom is 0.221 e. The van der Waals surface area contributed by atoms with E-state index in [-0.39, 0.29) is 5.91 Å². The van der Waals surface area contributed by atoms with Gasteiger partial charge in [0.1, 0.15) is 0 Å². The molecule has 80 valence electrons. The van der Waals surface area contributed by atoms with Crippen molar-refractivity contribution in [2.24, 2.45) is 0 Å². The molecular weight excluding hydrogens is 182 g/mol. The van der Waals surface area contributed by atoms with Gasteiger partial charge in [0, 0.05) is 18.2 Å². The molecule has 1 amide bonds. The second-order valence-corrected chi connectivity index (χ2v) is 4.14. The van der Waals surface area contributed by atoms with E-state index >= 15 is 0 Å². The normalized spacial score (nSPS) is 11.2. The van der Waals surface area contributed by atoms with Gasteiger partial charge in [-0.3, -0.25) is 4.79 Å². The summed E-state index contributed by atoms with van der Waals surface area (Å²) in [5, 5.41) is 3.23. The van der Waals surface area contributed by atoms with Crippen molar-refractivity contribution in [3.8, 4) is 0 Å². The van der Waals surface area contributed by atoms with Crippen LogP contribution in [0.1, 0.15) is 41.0 Å². The van der Waals surface area contributed by atoms with E-state index < -0.39 is 0 Å². The molecule has 0 heterocycles. The average molecular weight is 205 g/mol. The molecular formula is C10H23NOS. The molecule has 1 unspecified atom stereocenters. The Morgan fingerprint density at radius 1 is 1.38 bits per heavy atom. The number of carbonyl (C=O) groups is 1. The van der Waals surface area contributed by atoms with Gasteiger partial charge in [-0.1, -0.05) is 27.7 Å². The van der Waals surface area contributed by atoms with Gasteiger partial charge < -0.3 is 5.32 Å². The van der Waals surface area contributed by atoms with Crippen molar-refractivity contribution < 1.29 is 4.79 Å². The molecule has 13 heavy (non-hydrogen) atoms. The molecule has 3 heteroatoms. The zero-order chi connectivity index (χ0) is 10.7. The molecule has 0 aliphatic heterocycles. The van der Waals surface area contributed by atoms with E-state index in [9.17, 15) is 4.79 Å². The third-order valence-corrected chi connectivity index (χ3v) is 2.37. The smallest absolute Gasteiger partial charge is 0.221 e. The van der Waals surface area contributed by atoms with Gasteiger partial charge in [0.15, 0.2) is 0 Å². The lowest BCUT2D eigenvalue weighted by Crippen LogP contribution is -2.25. The zero-order valence-corrected chi connectivity index (χ0v) is 10.3. The van der Waals surface area contributed by atoms with E-state index in [2.05, 4.69) is 19.2 Å². The van der Waals surface area contributed by atoms with E-state index in [0.29, 0.717) is 11.7 Å². The summed E-state index contributed by atoms with van der Waals surface area (Å²) in [5.74, 6) is 1.25. The maximum atomic E-state index is 11.0.